The van der Waals surface area contributed by atoms with E-state index in [1.54, 1.807) is 12.1 Å². The summed E-state index contributed by atoms with van der Waals surface area (Å²) in [6, 6.07) is 8.09. The Bertz CT molecular complexity index is 1020. The molecular weight excluding hydrogens is 397 g/mol. The first kappa shape index (κ1) is 21.6. The van der Waals surface area contributed by atoms with Crippen molar-refractivity contribution in [2.75, 3.05) is 18.9 Å². The zero-order valence-electron chi connectivity index (χ0n) is 15.1. The lowest BCUT2D eigenvalue weighted by Gasteiger charge is -2.13. The van der Waals surface area contributed by atoms with Crippen molar-refractivity contribution in [3.05, 3.63) is 57.6 Å². The van der Waals surface area contributed by atoms with Crippen LogP contribution in [0.4, 0.5) is 19.0 Å². The Kier molecular flexibility index (Phi) is 6.98. The first-order chi connectivity index (χ1) is 13.2. The quantitative estimate of drug-likeness (QED) is 0.698. The van der Waals surface area contributed by atoms with E-state index in [1.165, 1.54) is 12.1 Å². The zero-order chi connectivity index (χ0) is 20.9. The number of hydrogen-bond donors (Lipinski definition) is 1. The Morgan fingerprint density at radius 3 is 2.29 bits per heavy atom. The lowest BCUT2D eigenvalue weighted by atomic mass is 10.2. The maximum atomic E-state index is 12.9. The van der Waals surface area contributed by atoms with Crippen LogP contribution in [0.15, 0.2) is 41.2 Å². The second-order valence-corrected chi connectivity index (χ2v) is 5.82. The highest BCUT2D eigenvalue weighted by Crippen LogP contribution is 2.30. The normalized spacial score (nSPS) is 11.2. The Hall–Kier alpha value is -2.65. The van der Waals surface area contributed by atoms with Gasteiger partial charge in [0.25, 0.3) is 0 Å². The van der Waals surface area contributed by atoms with Gasteiger partial charge in [0.2, 0.25) is 0 Å². The summed E-state index contributed by atoms with van der Waals surface area (Å²) in [6.45, 7) is 5.67. The number of fused-ring (bicyclic) bond motifs is 1. The van der Waals surface area contributed by atoms with Gasteiger partial charge in [-0.1, -0.05) is 23.7 Å². The van der Waals surface area contributed by atoms with E-state index in [9.17, 15) is 18.0 Å². The first-order valence-corrected chi connectivity index (χ1v) is 8.67. The third-order valence-electron chi connectivity index (χ3n) is 3.56. The van der Waals surface area contributed by atoms with Crippen molar-refractivity contribution in [1.29, 1.82) is 0 Å². The van der Waals surface area contributed by atoms with Crippen LogP contribution in [0.5, 0.6) is 0 Å². The fourth-order valence-electron chi connectivity index (χ4n) is 2.33. The summed E-state index contributed by atoms with van der Waals surface area (Å²) in [6.07, 6.45) is -4.66. The molecule has 1 aromatic carbocycles. The number of para-hydroxylation sites is 1. The van der Waals surface area contributed by atoms with Crippen LogP contribution in [0.25, 0.3) is 16.7 Å². The number of anilines is 1. The minimum Gasteiger partial charge on any atom is -0.383 e. The fourth-order valence-corrected chi connectivity index (χ4v) is 2.56. The summed E-state index contributed by atoms with van der Waals surface area (Å²) in [5.74, 6) is -0.200. The van der Waals surface area contributed by atoms with Crippen molar-refractivity contribution in [2.24, 2.45) is 0 Å². The Morgan fingerprint density at radius 1 is 1.11 bits per heavy atom. The molecule has 28 heavy (non-hydrogen) atoms. The molecule has 0 atom stereocenters. The summed E-state index contributed by atoms with van der Waals surface area (Å²) in [5.41, 5.74) is 3.52. The predicted molar refractivity (Wildman–Crippen MR) is 102 cm³/mol. The SMILES string of the molecule is CCOCC.Nc1nc(=O)n(-c2ccccc2Cl)c2nc(C(F)(F)F)ccc12. The van der Waals surface area contributed by atoms with Crippen molar-refractivity contribution in [2.45, 2.75) is 20.0 Å². The molecule has 150 valence electrons. The van der Waals surface area contributed by atoms with E-state index < -0.39 is 17.6 Å². The molecule has 0 aliphatic heterocycles. The summed E-state index contributed by atoms with van der Waals surface area (Å²) in [7, 11) is 0. The minimum absolute atomic E-state index is 0.123. The fraction of sp³-hybridized carbons (Fsp3) is 0.278. The van der Waals surface area contributed by atoms with Crippen molar-refractivity contribution in [3.63, 3.8) is 0 Å². The smallest absolute Gasteiger partial charge is 0.383 e. The van der Waals surface area contributed by atoms with E-state index >= 15 is 0 Å². The maximum absolute atomic E-state index is 12.9. The second kappa shape index (κ2) is 9.03. The van der Waals surface area contributed by atoms with Crippen LogP contribution >= 0.6 is 11.6 Å². The van der Waals surface area contributed by atoms with Crippen LogP contribution in [-0.2, 0) is 10.9 Å². The van der Waals surface area contributed by atoms with Gasteiger partial charge in [0.1, 0.15) is 11.5 Å². The van der Waals surface area contributed by atoms with Gasteiger partial charge in [0.05, 0.1) is 16.1 Å². The van der Waals surface area contributed by atoms with Gasteiger partial charge < -0.3 is 10.5 Å². The summed E-state index contributed by atoms with van der Waals surface area (Å²) < 4.78 is 44.5. The van der Waals surface area contributed by atoms with Crippen LogP contribution < -0.4 is 11.4 Å². The molecule has 0 amide bonds. The first-order valence-electron chi connectivity index (χ1n) is 8.29. The van der Waals surface area contributed by atoms with Crippen LogP contribution in [0.1, 0.15) is 19.5 Å². The standard InChI is InChI=1S/C14H8ClF3N4O.C4H10O/c15-8-3-1-2-4-9(8)22-12-7(11(19)21-13(22)23)5-6-10(20-12)14(16,17)18;1-3-5-4-2/h1-6H,(H2,19,21,23);3-4H2,1-2H3. The van der Waals surface area contributed by atoms with Gasteiger partial charge in [-0.2, -0.15) is 18.2 Å². The molecule has 0 unspecified atom stereocenters. The largest absolute Gasteiger partial charge is 0.433 e. The lowest BCUT2D eigenvalue weighted by Crippen LogP contribution is -2.25. The van der Waals surface area contributed by atoms with Crippen molar-refractivity contribution in [3.8, 4) is 5.69 Å². The highest BCUT2D eigenvalue weighted by Gasteiger charge is 2.33. The van der Waals surface area contributed by atoms with Gasteiger partial charge in [-0.3, -0.25) is 0 Å². The van der Waals surface area contributed by atoms with E-state index in [0.717, 1.165) is 29.9 Å². The number of hydrogen-bond acceptors (Lipinski definition) is 5. The van der Waals surface area contributed by atoms with Gasteiger partial charge in [0, 0.05) is 13.2 Å². The number of benzene rings is 1. The average Bonchev–Trinajstić information content (AvgIpc) is 2.63. The third kappa shape index (κ3) is 4.79. The van der Waals surface area contributed by atoms with Crippen LogP contribution in [-0.4, -0.2) is 27.7 Å². The number of halogens is 4. The molecule has 0 spiro atoms. The molecule has 0 fully saturated rings. The minimum atomic E-state index is -4.66. The number of alkyl halides is 3. The van der Waals surface area contributed by atoms with Crippen LogP contribution in [0.3, 0.4) is 0 Å². The zero-order valence-corrected chi connectivity index (χ0v) is 15.9. The average molecular weight is 415 g/mol. The second-order valence-electron chi connectivity index (χ2n) is 5.41. The number of nitrogen functional groups attached to an aromatic ring is 1. The van der Waals surface area contributed by atoms with Gasteiger partial charge >= 0.3 is 11.9 Å². The summed E-state index contributed by atoms with van der Waals surface area (Å²) in [5, 5.41) is 0.291. The Balaban J connectivity index is 0.000000500. The highest BCUT2D eigenvalue weighted by atomic mass is 35.5. The monoisotopic (exact) mass is 414 g/mol. The van der Waals surface area contributed by atoms with Crippen LogP contribution in [0.2, 0.25) is 5.02 Å². The predicted octanol–water partition coefficient (Wildman–Crippen LogP) is 4.08. The van der Waals surface area contributed by atoms with E-state index in [0.29, 0.717) is 0 Å². The molecule has 6 nitrogen and oxygen atoms in total. The summed E-state index contributed by atoms with van der Waals surface area (Å²) in [4.78, 5) is 19.3. The molecule has 2 N–H and O–H groups in total. The van der Waals surface area contributed by atoms with E-state index in [1.807, 2.05) is 13.8 Å². The van der Waals surface area contributed by atoms with Gasteiger partial charge in [-0.05, 0) is 38.1 Å². The van der Waals surface area contributed by atoms with Crippen molar-refractivity contribution in [1.82, 2.24) is 14.5 Å². The number of aromatic nitrogens is 3. The molecule has 0 aliphatic carbocycles. The third-order valence-corrected chi connectivity index (χ3v) is 3.88. The molecule has 3 aromatic rings. The molecule has 0 saturated carbocycles. The molecule has 0 saturated heterocycles. The molecule has 0 aliphatic rings. The van der Waals surface area contributed by atoms with E-state index in [-0.39, 0.29) is 27.6 Å². The molecule has 0 radical (unpaired) electrons. The number of nitrogens with zero attached hydrogens (tertiary/aromatic N) is 3. The molecule has 0 bridgehead atoms. The highest BCUT2D eigenvalue weighted by molar-refractivity contribution is 6.32. The topological polar surface area (TPSA) is 83.0 Å². The van der Waals surface area contributed by atoms with E-state index in [4.69, 9.17) is 22.1 Å². The van der Waals surface area contributed by atoms with Crippen molar-refractivity contribution < 1.29 is 17.9 Å². The molecule has 10 heteroatoms. The van der Waals surface area contributed by atoms with Gasteiger partial charge in [-0.25, -0.2) is 14.3 Å². The van der Waals surface area contributed by atoms with Crippen LogP contribution in [0, 0.1) is 0 Å². The molecule has 3 rings (SSSR count). The molecular formula is C18H18ClF3N4O2. The summed E-state index contributed by atoms with van der Waals surface area (Å²) >= 11 is 6.03. The maximum Gasteiger partial charge on any atom is 0.433 e. The lowest BCUT2D eigenvalue weighted by molar-refractivity contribution is -0.141. The number of pyridine rings is 1. The Labute approximate surface area is 163 Å². The van der Waals surface area contributed by atoms with Gasteiger partial charge in [0.15, 0.2) is 5.65 Å². The molecule has 2 aromatic heterocycles. The molecule has 2 heterocycles. The van der Waals surface area contributed by atoms with Crippen molar-refractivity contribution >= 4 is 28.5 Å². The number of nitrogens with two attached hydrogens (primary N) is 1. The van der Waals surface area contributed by atoms with Gasteiger partial charge in [-0.15, -0.1) is 0 Å². The number of ether oxygens (including phenoxy) is 1. The Morgan fingerprint density at radius 2 is 1.75 bits per heavy atom. The number of rotatable bonds is 3. The van der Waals surface area contributed by atoms with E-state index in [2.05, 4.69) is 9.97 Å².